The van der Waals surface area contributed by atoms with E-state index in [1.807, 2.05) is 13.8 Å². The summed E-state index contributed by atoms with van der Waals surface area (Å²) in [6.07, 6.45) is 0. The first kappa shape index (κ1) is 11.8. The maximum Gasteiger partial charge on any atom is 0.262 e. The van der Waals surface area contributed by atoms with Gasteiger partial charge in [-0.2, -0.15) is 0 Å². The third-order valence-corrected chi connectivity index (χ3v) is 3.14. The summed E-state index contributed by atoms with van der Waals surface area (Å²) in [6.45, 7) is 3.76. The molecule has 2 heterocycles. The second-order valence-corrected chi connectivity index (χ2v) is 4.41. The average Bonchev–Trinajstić information content (AvgIpc) is 2.61. The highest BCUT2D eigenvalue weighted by Crippen LogP contribution is 2.32. The van der Waals surface area contributed by atoms with Gasteiger partial charge in [-0.05, 0) is 31.7 Å². The quantitative estimate of drug-likeness (QED) is 0.903. The Kier molecular flexibility index (Phi) is 3.23. The van der Waals surface area contributed by atoms with Crippen LogP contribution >= 0.6 is 11.8 Å². The first-order chi connectivity index (χ1) is 8.10. The highest BCUT2D eigenvalue weighted by molar-refractivity contribution is 7.99. The molecule has 5 nitrogen and oxygen atoms in total. The number of anilines is 1. The number of hydrogen-bond donors (Lipinski definition) is 1. The summed E-state index contributed by atoms with van der Waals surface area (Å²) < 4.78 is 10.5. The SMILES string of the molecule is COc1ccc(N)c(Sc2nc(C)c(C)o2)n1. The van der Waals surface area contributed by atoms with E-state index in [1.165, 1.54) is 11.8 Å². The Hall–Kier alpha value is -1.69. The fourth-order valence-electron chi connectivity index (χ4n) is 1.20. The number of aryl methyl sites for hydroxylation is 2. The second-order valence-electron chi connectivity index (χ2n) is 3.47. The van der Waals surface area contributed by atoms with Crippen molar-refractivity contribution >= 4 is 17.4 Å². The van der Waals surface area contributed by atoms with E-state index in [0.29, 0.717) is 21.8 Å². The van der Waals surface area contributed by atoms with Crippen molar-refractivity contribution in [1.29, 1.82) is 0 Å². The van der Waals surface area contributed by atoms with Crippen LogP contribution in [0.15, 0.2) is 26.8 Å². The van der Waals surface area contributed by atoms with E-state index in [2.05, 4.69) is 9.97 Å². The standard InChI is InChI=1S/C11H13N3O2S/c1-6-7(2)16-11(13-6)17-10-8(12)4-5-9(14-10)15-3/h4-5H,12H2,1-3H3. The molecule has 0 bridgehead atoms. The number of oxazole rings is 1. The summed E-state index contributed by atoms with van der Waals surface area (Å²) in [7, 11) is 1.56. The van der Waals surface area contributed by atoms with E-state index in [9.17, 15) is 0 Å². The van der Waals surface area contributed by atoms with E-state index in [-0.39, 0.29) is 0 Å². The second kappa shape index (κ2) is 4.67. The molecule has 0 saturated carbocycles. The lowest BCUT2D eigenvalue weighted by Gasteiger charge is -2.04. The Morgan fingerprint density at radius 1 is 1.29 bits per heavy atom. The van der Waals surface area contributed by atoms with Gasteiger partial charge in [0.15, 0.2) is 0 Å². The van der Waals surface area contributed by atoms with Crippen LogP contribution < -0.4 is 10.5 Å². The topological polar surface area (TPSA) is 74.2 Å². The van der Waals surface area contributed by atoms with Crippen molar-refractivity contribution in [3.05, 3.63) is 23.6 Å². The van der Waals surface area contributed by atoms with Crippen molar-refractivity contribution in [2.24, 2.45) is 0 Å². The molecular formula is C11H13N3O2S. The van der Waals surface area contributed by atoms with Gasteiger partial charge in [-0.1, -0.05) is 0 Å². The molecule has 0 amide bonds. The average molecular weight is 251 g/mol. The first-order valence-corrected chi connectivity index (χ1v) is 5.84. The highest BCUT2D eigenvalue weighted by atomic mass is 32.2. The Morgan fingerprint density at radius 2 is 2.06 bits per heavy atom. The lowest BCUT2D eigenvalue weighted by molar-refractivity contribution is 0.394. The fourth-order valence-corrected chi connectivity index (χ4v) is 2.04. The summed E-state index contributed by atoms with van der Waals surface area (Å²) in [5.74, 6) is 1.32. The molecule has 2 aromatic rings. The molecule has 0 unspecified atom stereocenters. The molecule has 17 heavy (non-hydrogen) atoms. The van der Waals surface area contributed by atoms with Gasteiger partial charge in [0.1, 0.15) is 10.8 Å². The van der Waals surface area contributed by atoms with Gasteiger partial charge in [0.25, 0.3) is 5.22 Å². The van der Waals surface area contributed by atoms with Gasteiger partial charge in [-0.25, -0.2) is 9.97 Å². The zero-order valence-electron chi connectivity index (χ0n) is 9.85. The van der Waals surface area contributed by atoms with Crippen LogP contribution in [0.1, 0.15) is 11.5 Å². The van der Waals surface area contributed by atoms with Crippen LogP contribution in [0, 0.1) is 13.8 Å². The minimum absolute atomic E-state index is 0.515. The minimum Gasteiger partial charge on any atom is -0.481 e. The molecule has 0 aromatic carbocycles. The number of methoxy groups -OCH3 is 1. The van der Waals surface area contributed by atoms with E-state index in [4.69, 9.17) is 14.9 Å². The molecule has 0 aliphatic carbocycles. The van der Waals surface area contributed by atoms with E-state index in [1.54, 1.807) is 19.2 Å². The molecule has 6 heteroatoms. The van der Waals surface area contributed by atoms with Gasteiger partial charge in [-0.3, -0.25) is 0 Å². The van der Waals surface area contributed by atoms with Crippen molar-refractivity contribution < 1.29 is 9.15 Å². The molecule has 90 valence electrons. The molecule has 2 N–H and O–H groups in total. The maximum absolute atomic E-state index is 5.83. The predicted molar refractivity (Wildman–Crippen MR) is 65.3 cm³/mol. The number of nitrogens with two attached hydrogens (primary N) is 1. The van der Waals surface area contributed by atoms with Crippen LogP contribution in [0.3, 0.4) is 0 Å². The smallest absolute Gasteiger partial charge is 0.262 e. The number of ether oxygens (including phenoxy) is 1. The molecule has 0 aliphatic rings. The Morgan fingerprint density at radius 3 is 2.65 bits per heavy atom. The minimum atomic E-state index is 0.515. The lowest BCUT2D eigenvalue weighted by Crippen LogP contribution is -1.94. The summed E-state index contributed by atoms with van der Waals surface area (Å²) in [6, 6.07) is 3.46. The van der Waals surface area contributed by atoms with Gasteiger partial charge in [0.05, 0.1) is 18.5 Å². The highest BCUT2D eigenvalue weighted by Gasteiger charge is 2.11. The van der Waals surface area contributed by atoms with Crippen molar-refractivity contribution in [3.63, 3.8) is 0 Å². The Labute approximate surface area is 103 Å². The number of nitrogen functional groups attached to an aromatic ring is 1. The normalized spacial score (nSPS) is 10.5. The van der Waals surface area contributed by atoms with Crippen LogP contribution in [0.2, 0.25) is 0 Å². The molecule has 0 spiro atoms. The van der Waals surface area contributed by atoms with Crippen molar-refractivity contribution in [2.45, 2.75) is 24.1 Å². The third-order valence-electron chi connectivity index (χ3n) is 2.27. The van der Waals surface area contributed by atoms with Crippen molar-refractivity contribution in [3.8, 4) is 5.88 Å². The molecular weight excluding hydrogens is 238 g/mol. The van der Waals surface area contributed by atoms with Gasteiger partial charge in [-0.15, -0.1) is 0 Å². The fraction of sp³-hybridized carbons (Fsp3) is 0.273. The van der Waals surface area contributed by atoms with Crippen LogP contribution in [0.4, 0.5) is 5.69 Å². The molecule has 0 aliphatic heterocycles. The third kappa shape index (κ3) is 2.52. The van der Waals surface area contributed by atoms with E-state index >= 15 is 0 Å². The molecule has 2 rings (SSSR count). The molecule has 0 atom stereocenters. The van der Waals surface area contributed by atoms with Gasteiger partial charge >= 0.3 is 0 Å². The molecule has 0 fully saturated rings. The summed E-state index contributed by atoms with van der Waals surface area (Å²) in [4.78, 5) is 8.50. The number of aromatic nitrogens is 2. The number of hydrogen-bond acceptors (Lipinski definition) is 6. The summed E-state index contributed by atoms with van der Waals surface area (Å²) >= 11 is 1.28. The zero-order chi connectivity index (χ0) is 12.4. The maximum atomic E-state index is 5.83. The summed E-state index contributed by atoms with van der Waals surface area (Å²) in [5.41, 5.74) is 7.27. The van der Waals surface area contributed by atoms with Gasteiger partial charge < -0.3 is 14.9 Å². The number of nitrogens with zero attached hydrogens (tertiary/aromatic N) is 2. The van der Waals surface area contributed by atoms with Gasteiger partial charge in [0.2, 0.25) is 5.88 Å². The zero-order valence-corrected chi connectivity index (χ0v) is 10.7. The first-order valence-electron chi connectivity index (χ1n) is 5.02. The van der Waals surface area contributed by atoms with Crippen LogP contribution in [-0.4, -0.2) is 17.1 Å². The number of rotatable bonds is 3. The predicted octanol–water partition coefficient (Wildman–Crippen LogP) is 2.43. The van der Waals surface area contributed by atoms with Gasteiger partial charge in [0, 0.05) is 6.07 Å². The molecule has 0 radical (unpaired) electrons. The van der Waals surface area contributed by atoms with Crippen LogP contribution in [0.25, 0.3) is 0 Å². The van der Waals surface area contributed by atoms with Crippen LogP contribution in [0.5, 0.6) is 5.88 Å². The van der Waals surface area contributed by atoms with Crippen molar-refractivity contribution in [2.75, 3.05) is 12.8 Å². The van der Waals surface area contributed by atoms with Crippen LogP contribution in [-0.2, 0) is 0 Å². The monoisotopic (exact) mass is 251 g/mol. The lowest BCUT2D eigenvalue weighted by atomic mass is 10.4. The Bertz CT molecular complexity index is 520. The molecule has 0 saturated heterocycles. The Balaban J connectivity index is 2.28. The molecule has 2 aromatic heterocycles. The van der Waals surface area contributed by atoms with Crippen molar-refractivity contribution in [1.82, 2.24) is 9.97 Å². The number of pyridine rings is 1. The van der Waals surface area contributed by atoms with E-state index < -0.39 is 0 Å². The largest absolute Gasteiger partial charge is 0.481 e. The van der Waals surface area contributed by atoms with E-state index in [0.717, 1.165) is 11.5 Å². The summed E-state index contributed by atoms with van der Waals surface area (Å²) in [5, 5.41) is 1.16.